The van der Waals surface area contributed by atoms with E-state index in [9.17, 15) is 9.50 Å². The van der Waals surface area contributed by atoms with Crippen molar-refractivity contribution in [2.75, 3.05) is 26.2 Å². The molecule has 2 N–H and O–H groups in total. The molecule has 0 unspecified atom stereocenters. The molecule has 0 spiro atoms. The third-order valence-electron chi connectivity index (χ3n) is 4.77. The Kier molecular flexibility index (Phi) is 4.67. The van der Waals surface area contributed by atoms with E-state index in [0.717, 1.165) is 39.0 Å². The van der Waals surface area contributed by atoms with Crippen molar-refractivity contribution in [3.8, 4) is 5.75 Å². The van der Waals surface area contributed by atoms with Crippen LogP contribution in [0.15, 0.2) is 12.1 Å². The summed E-state index contributed by atoms with van der Waals surface area (Å²) in [5.74, 6) is 0.159. The minimum Gasteiger partial charge on any atom is -0.506 e. The molecule has 2 fully saturated rings. The van der Waals surface area contributed by atoms with Crippen LogP contribution in [0.4, 0.5) is 4.39 Å². The molecule has 1 heterocycles. The van der Waals surface area contributed by atoms with Crippen LogP contribution < -0.4 is 5.32 Å². The Morgan fingerprint density at radius 2 is 1.90 bits per heavy atom. The number of piperazine rings is 1. The predicted molar refractivity (Wildman–Crippen MR) is 82.2 cm³/mol. The highest BCUT2D eigenvalue weighted by atomic mass is 35.5. The SMILES string of the molecule is Oc1c(Cl)cc(F)cc1[C@H](C1CCCC1)N1CCNCC1. The van der Waals surface area contributed by atoms with Gasteiger partial charge in [0.1, 0.15) is 11.6 Å². The first-order valence-corrected chi connectivity index (χ1v) is 8.17. The van der Waals surface area contributed by atoms with Crippen LogP contribution in [0.5, 0.6) is 5.75 Å². The van der Waals surface area contributed by atoms with Crippen molar-refractivity contribution in [3.05, 3.63) is 28.5 Å². The number of phenolic OH excluding ortho intramolecular Hbond substituents is 1. The summed E-state index contributed by atoms with van der Waals surface area (Å²) in [6.07, 6.45) is 4.72. The van der Waals surface area contributed by atoms with E-state index in [4.69, 9.17) is 11.6 Å². The second-order valence-electron chi connectivity index (χ2n) is 6.10. The maximum Gasteiger partial charge on any atom is 0.139 e. The van der Waals surface area contributed by atoms with Crippen molar-refractivity contribution in [3.63, 3.8) is 0 Å². The Labute approximate surface area is 130 Å². The highest BCUT2D eigenvalue weighted by Crippen LogP contribution is 2.44. The molecule has 3 rings (SSSR count). The Bertz CT molecular complexity index is 499. The van der Waals surface area contributed by atoms with Crippen LogP contribution in [0.1, 0.15) is 37.3 Å². The van der Waals surface area contributed by atoms with E-state index < -0.39 is 0 Å². The van der Waals surface area contributed by atoms with Crippen molar-refractivity contribution >= 4 is 11.6 Å². The minimum absolute atomic E-state index is 0.0495. The highest BCUT2D eigenvalue weighted by Gasteiger charge is 2.34. The molecule has 1 atom stereocenters. The summed E-state index contributed by atoms with van der Waals surface area (Å²) in [5, 5.41) is 13.8. The molecule has 21 heavy (non-hydrogen) atoms. The number of hydrogen-bond acceptors (Lipinski definition) is 3. The van der Waals surface area contributed by atoms with Crippen LogP contribution in [0.2, 0.25) is 5.02 Å². The van der Waals surface area contributed by atoms with Gasteiger partial charge >= 0.3 is 0 Å². The Morgan fingerprint density at radius 1 is 1.24 bits per heavy atom. The van der Waals surface area contributed by atoms with Gasteiger partial charge in [-0.3, -0.25) is 4.90 Å². The highest BCUT2D eigenvalue weighted by molar-refractivity contribution is 6.32. The molecule has 0 bridgehead atoms. The van der Waals surface area contributed by atoms with Crippen molar-refractivity contribution in [2.45, 2.75) is 31.7 Å². The lowest BCUT2D eigenvalue weighted by atomic mass is 9.89. The van der Waals surface area contributed by atoms with E-state index in [1.807, 2.05) is 0 Å². The van der Waals surface area contributed by atoms with Crippen molar-refractivity contribution in [1.82, 2.24) is 10.2 Å². The number of hydrogen-bond donors (Lipinski definition) is 2. The molecule has 116 valence electrons. The maximum absolute atomic E-state index is 13.8. The molecule has 1 aromatic rings. The van der Waals surface area contributed by atoms with Gasteiger partial charge in [0.15, 0.2) is 0 Å². The standard InChI is InChI=1S/C16H22ClFN2O/c17-14-10-12(18)9-13(16(14)21)15(11-3-1-2-4-11)20-7-5-19-6-8-20/h9-11,15,19,21H,1-8H2/t15-/m0/s1. The first-order chi connectivity index (χ1) is 10.2. The smallest absolute Gasteiger partial charge is 0.139 e. The third-order valence-corrected chi connectivity index (χ3v) is 5.06. The number of benzene rings is 1. The molecule has 0 amide bonds. The molecule has 1 aliphatic heterocycles. The molecular formula is C16H22ClFN2O. The van der Waals surface area contributed by atoms with E-state index in [1.165, 1.54) is 25.0 Å². The van der Waals surface area contributed by atoms with E-state index >= 15 is 0 Å². The Balaban J connectivity index is 1.97. The maximum atomic E-state index is 13.8. The van der Waals surface area contributed by atoms with Gasteiger partial charge in [0.25, 0.3) is 0 Å². The zero-order chi connectivity index (χ0) is 14.8. The van der Waals surface area contributed by atoms with Crippen LogP contribution in [0.25, 0.3) is 0 Å². The van der Waals surface area contributed by atoms with Gasteiger partial charge in [-0.2, -0.15) is 0 Å². The molecule has 5 heteroatoms. The molecule has 1 aliphatic carbocycles. The van der Waals surface area contributed by atoms with E-state index in [-0.39, 0.29) is 22.6 Å². The average molecular weight is 313 g/mol. The second kappa shape index (κ2) is 6.51. The van der Waals surface area contributed by atoms with Gasteiger partial charge in [0.2, 0.25) is 0 Å². The molecular weight excluding hydrogens is 291 g/mol. The zero-order valence-corrected chi connectivity index (χ0v) is 12.9. The van der Waals surface area contributed by atoms with Crippen LogP contribution in [-0.2, 0) is 0 Å². The summed E-state index contributed by atoms with van der Waals surface area (Å²) >= 11 is 5.99. The van der Waals surface area contributed by atoms with Gasteiger partial charge in [-0.05, 0) is 30.9 Å². The molecule has 1 aromatic carbocycles. The lowest BCUT2D eigenvalue weighted by molar-refractivity contribution is 0.123. The summed E-state index contributed by atoms with van der Waals surface area (Å²) in [6, 6.07) is 2.72. The minimum atomic E-state index is -0.370. The fourth-order valence-corrected chi connectivity index (χ4v) is 4.01. The van der Waals surface area contributed by atoms with Crippen LogP contribution >= 0.6 is 11.6 Å². The second-order valence-corrected chi connectivity index (χ2v) is 6.51. The normalized spacial score (nSPS) is 22.6. The summed E-state index contributed by atoms with van der Waals surface area (Å²) in [5.41, 5.74) is 0.661. The van der Waals surface area contributed by atoms with E-state index in [0.29, 0.717) is 11.5 Å². The van der Waals surface area contributed by atoms with Gasteiger partial charge in [-0.1, -0.05) is 24.4 Å². The van der Waals surface area contributed by atoms with E-state index in [2.05, 4.69) is 10.2 Å². The third kappa shape index (κ3) is 3.17. The predicted octanol–water partition coefficient (Wildman–Crippen LogP) is 3.32. The van der Waals surface area contributed by atoms with Crippen molar-refractivity contribution < 1.29 is 9.50 Å². The number of halogens is 2. The van der Waals surface area contributed by atoms with Crippen molar-refractivity contribution in [1.29, 1.82) is 0 Å². The summed E-state index contributed by atoms with van der Waals surface area (Å²) < 4.78 is 13.8. The molecule has 1 saturated carbocycles. The average Bonchev–Trinajstić information content (AvgIpc) is 2.99. The first-order valence-electron chi connectivity index (χ1n) is 7.79. The molecule has 2 aliphatic rings. The van der Waals surface area contributed by atoms with Gasteiger partial charge in [0, 0.05) is 37.8 Å². The number of nitrogens with zero attached hydrogens (tertiary/aromatic N) is 1. The molecule has 1 saturated heterocycles. The zero-order valence-electron chi connectivity index (χ0n) is 12.1. The Hall–Kier alpha value is -0.840. The summed E-state index contributed by atoms with van der Waals surface area (Å²) in [7, 11) is 0. The lowest BCUT2D eigenvalue weighted by Crippen LogP contribution is -2.46. The van der Waals surface area contributed by atoms with Gasteiger partial charge in [0.05, 0.1) is 5.02 Å². The number of aromatic hydroxyl groups is 1. The van der Waals surface area contributed by atoms with Gasteiger partial charge < -0.3 is 10.4 Å². The number of phenols is 1. The van der Waals surface area contributed by atoms with Gasteiger partial charge in [-0.25, -0.2) is 4.39 Å². The Morgan fingerprint density at radius 3 is 2.57 bits per heavy atom. The molecule has 0 radical (unpaired) electrons. The molecule has 3 nitrogen and oxygen atoms in total. The first kappa shape index (κ1) is 15.1. The fraction of sp³-hybridized carbons (Fsp3) is 0.625. The van der Waals surface area contributed by atoms with Crippen LogP contribution in [0, 0.1) is 11.7 Å². The summed E-state index contributed by atoms with van der Waals surface area (Å²) in [6.45, 7) is 3.73. The fourth-order valence-electron chi connectivity index (χ4n) is 3.79. The van der Waals surface area contributed by atoms with E-state index in [1.54, 1.807) is 0 Å². The number of nitrogens with one attached hydrogen (secondary N) is 1. The number of rotatable bonds is 3. The largest absolute Gasteiger partial charge is 0.506 e. The molecule has 0 aromatic heterocycles. The van der Waals surface area contributed by atoms with Crippen LogP contribution in [0.3, 0.4) is 0 Å². The topological polar surface area (TPSA) is 35.5 Å². The quantitative estimate of drug-likeness (QED) is 0.898. The monoisotopic (exact) mass is 312 g/mol. The van der Waals surface area contributed by atoms with Crippen LogP contribution in [-0.4, -0.2) is 36.2 Å². The van der Waals surface area contributed by atoms with Crippen molar-refractivity contribution in [2.24, 2.45) is 5.92 Å². The van der Waals surface area contributed by atoms with Gasteiger partial charge in [-0.15, -0.1) is 0 Å². The summed E-state index contributed by atoms with van der Waals surface area (Å²) in [4.78, 5) is 2.37. The lowest BCUT2D eigenvalue weighted by Gasteiger charge is -2.39.